The van der Waals surface area contributed by atoms with Crippen molar-refractivity contribution in [1.29, 1.82) is 0 Å². The molecular formula is C13H24. The van der Waals surface area contributed by atoms with Crippen molar-refractivity contribution in [3.8, 4) is 0 Å². The highest BCUT2D eigenvalue weighted by atomic mass is 14.2. The molecule has 0 unspecified atom stereocenters. The molecule has 0 aromatic carbocycles. The van der Waals surface area contributed by atoms with E-state index in [0.29, 0.717) is 0 Å². The molecule has 0 spiro atoms. The van der Waals surface area contributed by atoms with E-state index in [1.165, 1.54) is 25.7 Å². The number of allylic oxidation sites excluding steroid dienone is 2. The van der Waals surface area contributed by atoms with Gasteiger partial charge in [-0.3, -0.25) is 0 Å². The second-order valence-electron chi connectivity index (χ2n) is 5.15. The highest BCUT2D eigenvalue weighted by Crippen LogP contribution is 2.33. The predicted octanol–water partition coefficient (Wildman–Crippen LogP) is 4.42. The van der Waals surface area contributed by atoms with Crippen LogP contribution in [0.3, 0.4) is 0 Å². The van der Waals surface area contributed by atoms with Crippen molar-refractivity contribution >= 4 is 0 Å². The monoisotopic (exact) mass is 180 g/mol. The van der Waals surface area contributed by atoms with Gasteiger partial charge >= 0.3 is 0 Å². The molecule has 0 bridgehead atoms. The lowest BCUT2D eigenvalue weighted by Crippen LogP contribution is -2.14. The maximum absolute atomic E-state index is 2.47. The summed E-state index contributed by atoms with van der Waals surface area (Å²) in [6.07, 6.45) is 8.05. The Bertz CT molecular complexity index is 164. The first-order valence-corrected chi connectivity index (χ1v) is 5.79. The van der Waals surface area contributed by atoms with Gasteiger partial charge in [0.25, 0.3) is 0 Å². The van der Waals surface area contributed by atoms with Gasteiger partial charge in [-0.25, -0.2) is 0 Å². The summed E-state index contributed by atoms with van der Waals surface area (Å²) in [5.74, 6) is 2.62. The highest BCUT2D eigenvalue weighted by molar-refractivity contribution is 5.06. The average Bonchev–Trinajstić information content (AvgIpc) is 2.04. The van der Waals surface area contributed by atoms with Crippen LogP contribution in [-0.2, 0) is 0 Å². The van der Waals surface area contributed by atoms with E-state index >= 15 is 0 Å². The Labute approximate surface area is 83.4 Å². The average molecular weight is 180 g/mol. The molecule has 1 rings (SSSR count). The fourth-order valence-electron chi connectivity index (χ4n) is 2.32. The van der Waals surface area contributed by atoms with Gasteiger partial charge in [0.05, 0.1) is 0 Å². The van der Waals surface area contributed by atoms with Gasteiger partial charge in [-0.2, -0.15) is 0 Å². The molecule has 0 heteroatoms. The molecule has 13 heavy (non-hydrogen) atoms. The summed E-state index contributed by atoms with van der Waals surface area (Å²) < 4.78 is 0. The Kier molecular flexibility index (Phi) is 4.02. The summed E-state index contributed by atoms with van der Waals surface area (Å²) >= 11 is 0. The van der Waals surface area contributed by atoms with Gasteiger partial charge in [0, 0.05) is 0 Å². The van der Waals surface area contributed by atoms with Crippen LogP contribution in [0.4, 0.5) is 0 Å². The molecule has 0 saturated heterocycles. The summed E-state index contributed by atoms with van der Waals surface area (Å²) in [6, 6.07) is 0. The molecule has 1 aliphatic rings. The van der Waals surface area contributed by atoms with Crippen LogP contribution in [0.5, 0.6) is 0 Å². The molecule has 1 aliphatic carbocycles. The second-order valence-corrected chi connectivity index (χ2v) is 5.15. The first kappa shape index (κ1) is 10.8. The maximum atomic E-state index is 2.47. The molecule has 0 N–H and O–H groups in total. The van der Waals surface area contributed by atoms with E-state index < -0.39 is 0 Å². The van der Waals surface area contributed by atoms with Gasteiger partial charge in [0.2, 0.25) is 0 Å². The molecule has 0 aromatic rings. The van der Waals surface area contributed by atoms with Gasteiger partial charge in [-0.15, -0.1) is 0 Å². The van der Waals surface area contributed by atoms with Gasteiger partial charge in [-0.05, 0) is 43.4 Å². The first-order valence-electron chi connectivity index (χ1n) is 5.79. The highest BCUT2D eigenvalue weighted by Gasteiger charge is 2.18. The Morgan fingerprint density at radius 3 is 2.00 bits per heavy atom. The summed E-state index contributed by atoms with van der Waals surface area (Å²) in [7, 11) is 0. The zero-order valence-electron chi connectivity index (χ0n) is 9.64. The van der Waals surface area contributed by atoms with Gasteiger partial charge in [0.1, 0.15) is 0 Å². The predicted molar refractivity (Wildman–Crippen MR) is 59.7 cm³/mol. The number of hydrogen-bond donors (Lipinski definition) is 0. The second kappa shape index (κ2) is 4.83. The van der Waals surface area contributed by atoms with Gasteiger partial charge in [-0.1, -0.05) is 39.3 Å². The molecule has 0 heterocycles. The fourth-order valence-corrected chi connectivity index (χ4v) is 2.32. The van der Waals surface area contributed by atoms with Crippen molar-refractivity contribution in [2.75, 3.05) is 0 Å². The van der Waals surface area contributed by atoms with Crippen LogP contribution in [-0.4, -0.2) is 0 Å². The minimum atomic E-state index is 0.741. The maximum Gasteiger partial charge on any atom is -0.0288 e. The van der Waals surface area contributed by atoms with Crippen molar-refractivity contribution < 1.29 is 0 Å². The molecule has 0 atom stereocenters. The van der Waals surface area contributed by atoms with Crippen LogP contribution >= 0.6 is 0 Å². The summed E-state index contributed by atoms with van der Waals surface area (Å²) in [5, 5.41) is 0. The van der Waals surface area contributed by atoms with E-state index in [-0.39, 0.29) is 0 Å². The smallest absolute Gasteiger partial charge is 0.0288 e. The van der Waals surface area contributed by atoms with Crippen molar-refractivity contribution in [2.45, 2.75) is 53.4 Å². The van der Waals surface area contributed by atoms with Gasteiger partial charge < -0.3 is 0 Å². The fraction of sp³-hybridized carbons (Fsp3) is 0.846. The largest absolute Gasteiger partial charge is 0.0828 e. The summed E-state index contributed by atoms with van der Waals surface area (Å²) in [4.78, 5) is 0. The van der Waals surface area contributed by atoms with Crippen molar-refractivity contribution in [3.63, 3.8) is 0 Å². The third kappa shape index (κ3) is 3.54. The molecule has 76 valence electrons. The quantitative estimate of drug-likeness (QED) is 0.552. The standard InChI is InChI=1S/C13H24/c1-10(2)9-12-5-7-13(8-6-12)11(3)4/h9-11,13H,5-8H2,1-4H3. The van der Waals surface area contributed by atoms with E-state index in [1.807, 2.05) is 0 Å². The molecule has 0 amide bonds. The molecule has 0 aromatic heterocycles. The molecule has 1 fully saturated rings. The Morgan fingerprint density at radius 2 is 1.62 bits per heavy atom. The minimum absolute atomic E-state index is 0.741. The molecule has 0 radical (unpaired) electrons. The minimum Gasteiger partial charge on any atom is -0.0828 e. The van der Waals surface area contributed by atoms with Crippen LogP contribution < -0.4 is 0 Å². The van der Waals surface area contributed by atoms with Gasteiger partial charge in [0.15, 0.2) is 0 Å². The van der Waals surface area contributed by atoms with E-state index in [1.54, 1.807) is 5.57 Å². The number of rotatable bonds is 2. The summed E-state index contributed by atoms with van der Waals surface area (Å²) in [6.45, 7) is 9.28. The number of hydrogen-bond acceptors (Lipinski definition) is 0. The SMILES string of the molecule is CC(C)C=C1CCC(C(C)C)CC1. The third-order valence-electron chi connectivity index (χ3n) is 3.18. The zero-order valence-corrected chi connectivity index (χ0v) is 9.64. The van der Waals surface area contributed by atoms with E-state index in [2.05, 4.69) is 33.8 Å². The van der Waals surface area contributed by atoms with Crippen LogP contribution in [0.2, 0.25) is 0 Å². The van der Waals surface area contributed by atoms with E-state index in [4.69, 9.17) is 0 Å². The normalized spacial score (nSPS) is 24.2. The Morgan fingerprint density at radius 1 is 1.08 bits per heavy atom. The van der Waals surface area contributed by atoms with Crippen molar-refractivity contribution in [3.05, 3.63) is 11.6 Å². The van der Waals surface area contributed by atoms with Crippen LogP contribution in [0.1, 0.15) is 53.4 Å². The van der Waals surface area contributed by atoms with Crippen LogP contribution in [0, 0.1) is 17.8 Å². The Hall–Kier alpha value is -0.260. The van der Waals surface area contributed by atoms with E-state index in [9.17, 15) is 0 Å². The molecule has 1 saturated carbocycles. The van der Waals surface area contributed by atoms with Crippen LogP contribution in [0.25, 0.3) is 0 Å². The Balaban J connectivity index is 2.39. The zero-order chi connectivity index (χ0) is 9.84. The first-order chi connectivity index (χ1) is 6.09. The molecule has 0 aliphatic heterocycles. The van der Waals surface area contributed by atoms with Crippen molar-refractivity contribution in [1.82, 2.24) is 0 Å². The lowest BCUT2D eigenvalue weighted by molar-refractivity contribution is 0.310. The lowest BCUT2D eigenvalue weighted by Gasteiger charge is -2.27. The summed E-state index contributed by atoms with van der Waals surface area (Å²) in [5.41, 5.74) is 1.71. The van der Waals surface area contributed by atoms with Crippen molar-refractivity contribution in [2.24, 2.45) is 17.8 Å². The van der Waals surface area contributed by atoms with Crippen LogP contribution in [0.15, 0.2) is 11.6 Å². The topological polar surface area (TPSA) is 0 Å². The van der Waals surface area contributed by atoms with E-state index in [0.717, 1.165) is 17.8 Å². The molecular weight excluding hydrogens is 156 g/mol. The lowest BCUT2D eigenvalue weighted by atomic mass is 9.79. The molecule has 0 nitrogen and oxygen atoms in total. The third-order valence-corrected chi connectivity index (χ3v) is 3.18.